The van der Waals surface area contributed by atoms with E-state index in [0.29, 0.717) is 17.5 Å². The zero-order chi connectivity index (χ0) is 45.9. The van der Waals surface area contributed by atoms with E-state index < -0.39 is 0 Å². The highest BCUT2D eigenvalue weighted by Gasteiger charge is 2.22. The Labute approximate surface area is 404 Å². The maximum atomic E-state index is 6.81. The molecule has 0 unspecified atom stereocenters. The highest BCUT2D eigenvalue weighted by atomic mass is 32.1. The van der Waals surface area contributed by atoms with Crippen molar-refractivity contribution in [2.24, 2.45) is 0 Å². The molecule has 0 bridgehead atoms. The van der Waals surface area contributed by atoms with E-state index in [1.165, 1.54) is 20.2 Å². The second kappa shape index (κ2) is 15.2. The molecule has 0 aliphatic rings. The largest absolute Gasteiger partial charge is 0.456 e. The van der Waals surface area contributed by atoms with E-state index in [2.05, 4.69) is 174 Å². The Morgan fingerprint density at radius 1 is 0.329 bits per heavy atom. The van der Waals surface area contributed by atoms with Gasteiger partial charge in [0.25, 0.3) is 0 Å². The molecule has 0 atom stereocenters. The molecule has 0 spiro atoms. The Morgan fingerprint density at radius 3 is 1.84 bits per heavy atom. The van der Waals surface area contributed by atoms with Gasteiger partial charge in [0, 0.05) is 80.4 Å². The van der Waals surface area contributed by atoms with E-state index in [1.807, 2.05) is 59.9 Å². The highest BCUT2D eigenvalue weighted by molar-refractivity contribution is 7.25. The van der Waals surface area contributed by atoms with Crippen molar-refractivity contribution >= 4 is 97.2 Å². The summed E-state index contributed by atoms with van der Waals surface area (Å²) >= 11 is 1.83. The van der Waals surface area contributed by atoms with Gasteiger partial charge < -0.3 is 13.4 Å². The summed E-state index contributed by atoms with van der Waals surface area (Å²) in [4.78, 5) is 15.7. The summed E-state index contributed by atoms with van der Waals surface area (Å²) in [5, 5.41) is 8.92. The molecule has 6 nitrogen and oxygen atoms in total. The first-order chi connectivity index (χ1) is 34.7. The molecule has 0 saturated heterocycles. The molecule has 5 heterocycles. The quantitative estimate of drug-likeness (QED) is 0.166. The fourth-order valence-corrected chi connectivity index (χ4v) is 11.8. The number of para-hydroxylation sites is 3. The summed E-state index contributed by atoms with van der Waals surface area (Å²) in [6.07, 6.45) is 0. The standard InChI is InChI=1S/C63H36N4O2S/c1-3-14-37(15-4-1)61-64-62(40-27-32-52-49(35-40)44-18-7-10-22-51(44)67(52)41-16-5-2-6-17-41)66-63(65-61)48-21-13-24-55-58(48)50-34-38(28-33-54(50)68-55)42-30-31-43(60-59(42)47-20-8-11-23-53(47)69-60)39-26-29-46-45-19-9-12-25-56(45)70-57(46)36-39/h1-36H. The van der Waals surface area contributed by atoms with Gasteiger partial charge in [-0.1, -0.05) is 140 Å². The smallest absolute Gasteiger partial charge is 0.164 e. The number of hydrogen-bond acceptors (Lipinski definition) is 6. The molecule has 7 heteroatoms. The monoisotopic (exact) mass is 912 g/mol. The Hall–Kier alpha value is -9.17. The molecule has 0 aliphatic carbocycles. The normalized spacial score (nSPS) is 12.0. The molecule has 5 aromatic heterocycles. The van der Waals surface area contributed by atoms with E-state index in [1.54, 1.807) is 0 Å². The summed E-state index contributed by atoms with van der Waals surface area (Å²) in [7, 11) is 0. The number of nitrogens with zero attached hydrogens (tertiary/aromatic N) is 4. The third kappa shape index (κ3) is 5.95. The van der Waals surface area contributed by atoms with Gasteiger partial charge in [0.05, 0.1) is 11.0 Å². The molecule has 0 saturated carbocycles. The van der Waals surface area contributed by atoms with E-state index in [-0.39, 0.29) is 0 Å². The van der Waals surface area contributed by atoms with Gasteiger partial charge in [-0.3, -0.25) is 0 Å². The topological polar surface area (TPSA) is 69.9 Å². The maximum Gasteiger partial charge on any atom is 0.164 e. The van der Waals surface area contributed by atoms with Crippen molar-refractivity contribution in [3.8, 4) is 62.1 Å². The van der Waals surface area contributed by atoms with Crippen LogP contribution in [-0.4, -0.2) is 19.5 Å². The molecule has 0 N–H and O–H groups in total. The SMILES string of the molecule is c1ccc(-c2nc(-c3ccc4c(c3)c3ccccc3n4-c3ccccc3)nc(-c3cccc4oc5ccc(-c6ccc(-c7ccc8c(c7)sc7ccccc78)c7oc8ccccc8c67)cc5c34)n2)cc1. The van der Waals surface area contributed by atoms with Gasteiger partial charge in [0.15, 0.2) is 17.5 Å². The molecular formula is C63H36N4O2S. The number of hydrogen-bond donors (Lipinski definition) is 0. The summed E-state index contributed by atoms with van der Waals surface area (Å²) in [5.74, 6) is 1.75. The lowest BCUT2D eigenvalue weighted by Gasteiger charge is -2.11. The average molecular weight is 913 g/mol. The van der Waals surface area contributed by atoms with Gasteiger partial charge in [0.2, 0.25) is 0 Å². The molecule has 0 fully saturated rings. The van der Waals surface area contributed by atoms with Crippen LogP contribution in [0.15, 0.2) is 227 Å². The van der Waals surface area contributed by atoms with Crippen LogP contribution in [-0.2, 0) is 0 Å². The van der Waals surface area contributed by atoms with Crippen LogP contribution in [0.4, 0.5) is 0 Å². The van der Waals surface area contributed by atoms with Gasteiger partial charge >= 0.3 is 0 Å². The second-order valence-electron chi connectivity index (χ2n) is 17.9. The Kier molecular flexibility index (Phi) is 8.43. The van der Waals surface area contributed by atoms with Gasteiger partial charge in [-0.05, 0) is 95.6 Å². The average Bonchev–Trinajstić information content (AvgIpc) is 4.20. The second-order valence-corrected chi connectivity index (χ2v) is 18.9. The summed E-state index contributed by atoms with van der Waals surface area (Å²) < 4.78 is 18.3. The lowest BCUT2D eigenvalue weighted by molar-refractivity contribution is 0.669. The van der Waals surface area contributed by atoms with E-state index in [4.69, 9.17) is 23.8 Å². The van der Waals surface area contributed by atoms with Gasteiger partial charge in [-0.25, -0.2) is 15.0 Å². The van der Waals surface area contributed by atoms with Crippen LogP contribution in [0.2, 0.25) is 0 Å². The van der Waals surface area contributed by atoms with E-state index in [0.717, 1.165) is 110 Å². The van der Waals surface area contributed by atoms with Crippen molar-refractivity contribution in [1.29, 1.82) is 0 Å². The summed E-state index contributed by atoms with van der Waals surface area (Å²) in [6.45, 7) is 0. The number of fused-ring (bicyclic) bond motifs is 12. The molecule has 70 heavy (non-hydrogen) atoms. The first kappa shape index (κ1) is 38.9. The van der Waals surface area contributed by atoms with Crippen molar-refractivity contribution in [3.63, 3.8) is 0 Å². The maximum absolute atomic E-state index is 6.81. The molecular weight excluding hydrogens is 877 g/mol. The Morgan fingerprint density at radius 2 is 0.957 bits per heavy atom. The first-order valence-electron chi connectivity index (χ1n) is 23.4. The lowest BCUT2D eigenvalue weighted by Crippen LogP contribution is -2.00. The number of benzene rings is 10. The zero-order valence-corrected chi connectivity index (χ0v) is 38.1. The zero-order valence-electron chi connectivity index (χ0n) is 37.3. The molecule has 0 radical (unpaired) electrons. The van der Waals surface area contributed by atoms with E-state index in [9.17, 15) is 0 Å². The van der Waals surface area contributed by atoms with Crippen LogP contribution in [0, 0.1) is 0 Å². The molecule has 0 aliphatic heterocycles. The van der Waals surface area contributed by atoms with Crippen LogP contribution >= 0.6 is 11.3 Å². The minimum atomic E-state index is 0.567. The van der Waals surface area contributed by atoms with Crippen LogP contribution in [0.25, 0.3) is 148 Å². The fraction of sp³-hybridized carbons (Fsp3) is 0. The predicted octanol–water partition coefficient (Wildman–Crippen LogP) is 17.5. The Balaban J connectivity index is 0.908. The van der Waals surface area contributed by atoms with Gasteiger partial charge in [-0.15, -0.1) is 11.3 Å². The fourth-order valence-electron chi connectivity index (χ4n) is 10.7. The predicted molar refractivity (Wildman–Crippen MR) is 289 cm³/mol. The minimum absolute atomic E-state index is 0.567. The molecule has 15 aromatic rings. The van der Waals surface area contributed by atoms with Crippen molar-refractivity contribution < 1.29 is 8.83 Å². The van der Waals surface area contributed by atoms with Crippen LogP contribution in [0.1, 0.15) is 0 Å². The van der Waals surface area contributed by atoms with Gasteiger partial charge in [0.1, 0.15) is 22.3 Å². The third-order valence-corrected chi connectivity index (χ3v) is 15.0. The highest BCUT2D eigenvalue weighted by Crippen LogP contribution is 2.46. The third-order valence-electron chi connectivity index (χ3n) is 13.9. The van der Waals surface area contributed by atoms with Crippen molar-refractivity contribution in [2.75, 3.05) is 0 Å². The number of aromatic nitrogens is 4. The minimum Gasteiger partial charge on any atom is -0.456 e. The lowest BCUT2D eigenvalue weighted by atomic mass is 9.93. The number of thiophene rings is 1. The van der Waals surface area contributed by atoms with Crippen molar-refractivity contribution in [2.45, 2.75) is 0 Å². The first-order valence-corrected chi connectivity index (χ1v) is 24.2. The molecule has 0 amide bonds. The molecule has 10 aromatic carbocycles. The molecule has 15 rings (SSSR count). The number of rotatable bonds is 6. The van der Waals surface area contributed by atoms with Gasteiger partial charge in [-0.2, -0.15) is 0 Å². The van der Waals surface area contributed by atoms with Crippen molar-refractivity contribution in [1.82, 2.24) is 19.5 Å². The van der Waals surface area contributed by atoms with Crippen LogP contribution in [0.3, 0.4) is 0 Å². The van der Waals surface area contributed by atoms with Crippen LogP contribution in [0.5, 0.6) is 0 Å². The molecule has 326 valence electrons. The van der Waals surface area contributed by atoms with Crippen LogP contribution < -0.4 is 0 Å². The van der Waals surface area contributed by atoms with E-state index >= 15 is 0 Å². The summed E-state index contributed by atoms with van der Waals surface area (Å²) in [6, 6.07) is 76.6. The summed E-state index contributed by atoms with van der Waals surface area (Å²) in [5.41, 5.74) is 13.6. The number of furan rings is 2. The Bertz CT molecular complexity index is 4600. The van der Waals surface area contributed by atoms with Crippen molar-refractivity contribution in [3.05, 3.63) is 218 Å².